The molecule has 1 aliphatic heterocycles. The highest BCUT2D eigenvalue weighted by Gasteiger charge is 2.20. The minimum absolute atomic E-state index is 0.00159. The molecular weight excluding hydrogens is 302 g/mol. The Morgan fingerprint density at radius 2 is 1.62 bits per heavy atom. The molecule has 3 rings (SSSR count). The summed E-state index contributed by atoms with van der Waals surface area (Å²) in [5.74, 6) is 0.504. The lowest BCUT2D eigenvalue weighted by Crippen LogP contribution is -2.47. The van der Waals surface area contributed by atoms with Gasteiger partial charge >= 0.3 is 0 Å². The van der Waals surface area contributed by atoms with Crippen molar-refractivity contribution >= 4 is 17.5 Å². The number of carbonyl (C=O) groups is 1. The van der Waals surface area contributed by atoms with Gasteiger partial charge in [0.1, 0.15) is 0 Å². The Kier molecular flexibility index (Phi) is 4.76. The van der Waals surface area contributed by atoms with Crippen LogP contribution < -0.4 is 5.32 Å². The van der Waals surface area contributed by atoms with E-state index in [-0.39, 0.29) is 5.91 Å². The molecule has 6 nitrogen and oxygen atoms in total. The van der Waals surface area contributed by atoms with Crippen LogP contribution in [-0.4, -0.2) is 58.9 Å². The summed E-state index contributed by atoms with van der Waals surface area (Å²) in [6, 6.07) is 6.11. The second-order valence-corrected chi connectivity index (χ2v) is 6.28. The van der Waals surface area contributed by atoms with Crippen LogP contribution in [0.5, 0.6) is 0 Å². The minimum atomic E-state index is 0.00159. The van der Waals surface area contributed by atoms with Gasteiger partial charge in [-0.05, 0) is 32.0 Å². The number of likely N-dealkylation sites (N-methyl/N-ethyl adjacent to an activating group) is 1. The highest BCUT2D eigenvalue weighted by Crippen LogP contribution is 2.22. The summed E-state index contributed by atoms with van der Waals surface area (Å²) in [5.41, 5.74) is 3.81. The Morgan fingerprint density at radius 1 is 1.04 bits per heavy atom. The normalized spacial score (nSPS) is 15.4. The quantitative estimate of drug-likeness (QED) is 0.937. The fourth-order valence-corrected chi connectivity index (χ4v) is 2.82. The number of aromatic nitrogens is 2. The largest absolute Gasteiger partial charge is 0.336 e. The standard InChI is InChI=1S/C18H23N5O/c1-13-5-4-6-14(2)16(13)21-18-19-11-15(12-20-18)17(24)23-9-7-22(3)8-10-23/h4-6,11-12H,7-10H2,1-3H3,(H,19,20,21). The Balaban J connectivity index is 1.70. The van der Waals surface area contributed by atoms with E-state index in [1.165, 1.54) is 0 Å². The number of piperazine rings is 1. The molecule has 0 radical (unpaired) electrons. The molecule has 1 fully saturated rings. The van der Waals surface area contributed by atoms with Gasteiger partial charge in [-0.1, -0.05) is 18.2 Å². The van der Waals surface area contributed by atoms with Crippen LogP contribution in [0.2, 0.25) is 0 Å². The monoisotopic (exact) mass is 325 g/mol. The van der Waals surface area contributed by atoms with E-state index in [0.29, 0.717) is 11.5 Å². The van der Waals surface area contributed by atoms with Gasteiger partial charge < -0.3 is 15.1 Å². The molecule has 0 bridgehead atoms. The van der Waals surface area contributed by atoms with Crippen LogP contribution in [0, 0.1) is 13.8 Å². The van der Waals surface area contributed by atoms with Crippen LogP contribution >= 0.6 is 0 Å². The van der Waals surface area contributed by atoms with E-state index in [1.807, 2.05) is 36.9 Å². The van der Waals surface area contributed by atoms with Crippen LogP contribution in [0.1, 0.15) is 21.5 Å². The maximum Gasteiger partial charge on any atom is 0.257 e. The maximum absolute atomic E-state index is 12.5. The highest BCUT2D eigenvalue weighted by molar-refractivity contribution is 5.93. The first-order valence-electron chi connectivity index (χ1n) is 8.17. The zero-order valence-corrected chi connectivity index (χ0v) is 14.4. The first-order valence-corrected chi connectivity index (χ1v) is 8.17. The molecule has 24 heavy (non-hydrogen) atoms. The van der Waals surface area contributed by atoms with Gasteiger partial charge in [0, 0.05) is 44.3 Å². The van der Waals surface area contributed by atoms with Crippen molar-refractivity contribution in [3.8, 4) is 0 Å². The summed E-state index contributed by atoms with van der Waals surface area (Å²) in [4.78, 5) is 25.2. The number of nitrogens with one attached hydrogen (secondary N) is 1. The predicted octanol–water partition coefficient (Wildman–Crippen LogP) is 2.22. The van der Waals surface area contributed by atoms with E-state index in [2.05, 4.69) is 27.2 Å². The predicted molar refractivity (Wildman–Crippen MR) is 94.6 cm³/mol. The first-order chi connectivity index (χ1) is 11.5. The average Bonchev–Trinajstić information content (AvgIpc) is 2.59. The van der Waals surface area contributed by atoms with Gasteiger partial charge in [-0.3, -0.25) is 4.79 Å². The molecule has 0 saturated carbocycles. The van der Waals surface area contributed by atoms with Gasteiger partial charge in [-0.15, -0.1) is 0 Å². The smallest absolute Gasteiger partial charge is 0.257 e. The lowest BCUT2D eigenvalue weighted by Gasteiger charge is -2.32. The van der Waals surface area contributed by atoms with Crippen molar-refractivity contribution in [3.63, 3.8) is 0 Å². The lowest BCUT2D eigenvalue weighted by atomic mass is 10.1. The summed E-state index contributed by atoms with van der Waals surface area (Å²) >= 11 is 0. The van der Waals surface area contributed by atoms with Crippen molar-refractivity contribution in [2.75, 3.05) is 38.5 Å². The zero-order chi connectivity index (χ0) is 17.1. The van der Waals surface area contributed by atoms with Gasteiger partial charge in [0.15, 0.2) is 0 Å². The summed E-state index contributed by atoms with van der Waals surface area (Å²) in [6.45, 7) is 7.38. The minimum Gasteiger partial charge on any atom is -0.336 e. The van der Waals surface area contributed by atoms with Crippen molar-refractivity contribution in [3.05, 3.63) is 47.3 Å². The number of para-hydroxylation sites is 1. The van der Waals surface area contributed by atoms with Gasteiger partial charge in [-0.2, -0.15) is 0 Å². The van der Waals surface area contributed by atoms with Gasteiger partial charge in [-0.25, -0.2) is 9.97 Å². The van der Waals surface area contributed by atoms with Crippen molar-refractivity contribution in [1.82, 2.24) is 19.8 Å². The van der Waals surface area contributed by atoms with Gasteiger partial charge in [0.25, 0.3) is 5.91 Å². The van der Waals surface area contributed by atoms with Crippen molar-refractivity contribution < 1.29 is 4.79 Å². The molecule has 126 valence electrons. The number of hydrogen-bond donors (Lipinski definition) is 1. The number of nitrogens with zero attached hydrogens (tertiary/aromatic N) is 4. The Bertz CT molecular complexity index is 700. The van der Waals surface area contributed by atoms with Crippen molar-refractivity contribution in [1.29, 1.82) is 0 Å². The highest BCUT2D eigenvalue weighted by atomic mass is 16.2. The molecule has 0 atom stereocenters. The maximum atomic E-state index is 12.5. The second kappa shape index (κ2) is 6.97. The van der Waals surface area contributed by atoms with Crippen molar-refractivity contribution in [2.24, 2.45) is 0 Å². The Morgan fingerprint density at radius 3 is 2.21 bits per heavy atom. The molecular formula is C18H23N5O. The van der Waals surface area contributed by atoms with Crippen LogP contribution in [0.4, 0.5) is 11.6 Å². The summed E-state index contributed by atoms with van der Waals surface area (Å²) in [6.07, 6.45) is 3.20. The third-order valence-electron chi connectivity index (χ3n) is 4.41. The van der Waals surface area contributed by atoms with E-state index in [1.54, 1.807) is 12.4 Å². The molecule has 0 unspecified atom stereocenters. The molecule has 1 aromatic heterocycles. The molecule has 1 saturated heterocycles. The van der Waals surface area contributed by atoms with Crippen molar-refractivity contribution in [2.45, 2.75) is 13.8 Å². The molecule has 2 heterocycles. The van der Waals surface area contributed by atoms with E-state index in [4.69, 9.17) is 0 Å². The van der Waals surface area contributed by atoms with E-state index < -0.39 is 0 Å². The van der Waals surface area contributed by atoms with E-state index >= 15 is 0 Å². The number of rotatable bonds is 3. The van der Waals surface area contributed by atoms with Gasteiger partial charge in [0.2, 0.25) is 5.95 Å². The lowest BCUT2D eigenvalue weighted by molar-refractivity contribution is 0.0663. The van der Waals surface area contributed by atoms with Crippen LogP contribution in [-0.2, 0) is 0 Å². The fourth-order valence-electron chi connectivity index (χ4n) is 2.82. The third-order valence-corrected chi connectivity index (χ3v) is 4.41. The van der Waals surface area contributed by atoms with E-state index in [0.717, 1.165) is 43.0 Å². The number of hydrogen-bond acceptors (Lipinski definition) is 5. The molecule has 1 aliphatic rings. The zero-order valence-electron chi connectivity index (χ0n) is 14.4. The molecule has 1 amide bonds. The third kappa shape index (κ3) is 3.54. The number of amides is 1. The average molecular weight is 325 g/mol. The van der Waals surface area contributed by atoms with Crippen LogP contribution in [0.25, 0.3) is 0 Å². The topological polar surface area (TPSA) is 61.4 Å². The number of anilines is 2. The van der Waals surface area contributed by atoms with Gasteiger partial charge in [0.05, 0.1) is 5.56 Å². The molecule has 0 aliphatic carbocycles. The molecule has 0 spiro atoms. The Labute approximate surface area is 142 Å². The molecule has 6 heteroatoms. The number of carbonyl (C=O) groups excluding carboxylic acids is 1. The molecule has 2 aromatic rings. The molecule has 1 N–H and O–H groups in total. The summed E-state index contributed by atoms with van der Waals surface area (Å²) < 4.78 is 0. The fraction of sp³-hybridized carbons (Fsp3) is 0.389. The van der Waals surface area contributed by atoms with E-state index in [9.17, 15) is 4.79 Å². The van der Waals surface area contributed by atoms with Crippen LogP contribution in [0.15, 0.2) is 30.6 Å². The first kappa shape index (κ1) is 16.4. The number of aryl methyl sites for hydroxylation is 2. The summed E-state index contributed by atoms with van der Waals surface area (Å²) in [7, 11) is 2.07. The summed E-state index contributed by atoms with van der Waals surface area (Å²) in [5, 5.41) is 3.24. The van der Waals surface area contributed by atoms with Crippen LogP contribution in [0.3, 0.4) is 0 Å². The second-order valence-electron chi connectivity index (χ2n) is 6.28. The SMILES string of the molecule is Cc1cccc(C)c1Nc1ncc(C(=O)N2CCN(C)CC2)cn1. The Hall–Kier alpha value is -2.47. The number of benzene rings is 1. The molecule has 1 aromatic carbocycles.